The van der Waals surface area contributed by atoms with Gasteiger partial charge in [0.2, 0.25) is 0 Å². The maximum Gasteiger partial charge on any atom is 0.149 e. The number of hydrogen-bond acceptors (Lipinski definition) is 3. The molecule has 2 aromatic rings. The molecule has 17 heavy (non-hydrogen) atoms. The van der Waals surface area contributed by atoms with Crippen LogP contribution < -0.4 is 11.1 Å². The summed E-state index contributed by atoms with van der Waals surface area (Å²) in [7, 11) is 0. The molecular formula is C13H14FN3. The van der Waals surface area contributed by atoms with Gasteiger partial charge in [0.25, 0.3) is 0 Å². The molecule has 0 aliphatic rings. The van der Waals surface area contributed by atoms with Crippen molar-refractivity contribution in [3.63, 3.8) is 0 Å². The molecule has 2 rings (SSSR count). The van der Waals surface area contributed by atoms with Crippen LogP contribution in [0.5, 0.6) is 0 Å². The summed E-state index contributed by atoms with van der Waals surface area (Å²) in [5.41, 5.74) is 8.01. The van der Waals surface area contributed by atoms with Crippen LogP contribution in [0.4, 0.5) is 15.9 Å². The third-order valence-electron chi connectivity index (χ3n) is 2.61. The lowest BCUT2D eigenvalue weighted by Crippen LogP contribution is -2.06. The molecule has 0 unspecified atom stereocenters. The molecule has 0 bridgehead atoms. The molecule has 0 radical (unpaired) electrons. The molecule has 0 atom stereocenters. The summed E-state index contributed by atoms with van der Waals surface area (Å²) < 4.78 is 13.4. The number of rotatable bonds is 3. The quantitative estimate of drug-likeness (QED) is 0.854. The Balaban J connectivity index is 2.13. The molecule has 0 fully saturated rings. The Morgan fingerprint density at radius 2 is 2.06 bits per heavy atom. The summed E-state index contributed by atoms with van der Waals surface area (Å²) in [6.45, 7) is 2.28. The van der Waals surface area contributed by atoms with Gasteiger partial charge in [-0.2, -0.15) is 0 Å². The number of halogens is 1. The Labute approximate surface area is 99.5 Å². The van der Waals surface area contributed by atoms with Gasteiger partial charge < -0.3 is 11.1 Å². The lowest BCUT2D eigenvalue weighted by atomic mass is 10.2. The van der Waals surface area contributed by atoms with Gasteiger partial charge in [-0.15, -0.1) is 0 Å². The number of aryl methyl sites for hydroxylation is 1. The number of aromatic nitrogens is 1. The van der Waals surface area contributed by atoms with Crippen LogP contribution in [0.25, 0.3) is 0 Å². The van der Waals surface area contributed by atoms with Crippen molar-refractivity contribution < 1.29 is 4.39 Å². The fourth-order valence-corrected chi connectivity index (χ4v) is 1.53. The monoisotopic (exact) mass is 231 g/mol. The van der Waals surface area contributed by atoms with Gasteiger partial charge in [0.1, 0.15) is 11.6 Å². The minimum Gasteiger partial charge on any atom is -0.396 e. The van der Waals surface area contributed by atoms with Crippen molar-refractivity contribution in [1.29, 1.82) is 0 Å². The van der Waals surface area contributed by atoms with Crippen molar-refractivity contribution in [2.45, 2.75) is 13.5 Å². The summed E-state index contributed by atoms with van der Waals surface area (Å²) in [5.74, 6) is 0.361. The average Bonchev–Trinajstić information content (AvgIpc) is 2.33. The maximum atomic E-state index is 13.4. The molecule has 4 heteroatoms. The van der Waals surface area contributed by atoms with Crippen molar-refractivity contribution in [1.82, 2.24) is 4.98 Å². The van der Waals surface area contributed by atoms with E-state index >= 15 is 0 Å². The van der Waals surface area contributed by atoms with Crippen molar-refractivity contribution in [3.05, 3.63) is 53.5 Å². The highest BCUT2D eigenvalue weighted by atomic mass is 19.1. The van der Waals surface area contributed by atoms with Gasteiger partial charge in [0.05, 0.1) is 5.69 Å². The highest BCUT2D eigenvalue weighted by molar-refractivity contribution is 5.64. The number of anilines is 2. The second-order valence-corrected chi connectivity index (χ2v) is 3.84. The number of nitrogens with two attached hydrogens (primary N) is 1. The van der Waals surface area contributed by atoms with Crippen LogP contribution in [-0.4, -0.2) is 4.98 Å². The van der Waals surface area contributed by atoms with Crippen LogP contribution in [0.15, 0.2) is 36.5 Å². The van der Waals surface area contributed by atoms with Gasteiger partial charge in [-0.25, -0.2) is 9.37 Å². The molecule has 88 valence electrons. The molecule has 0 saturated heterocycles. The van der Waals surface area contributed by atoms with E-state index in [0.29, 0.717) is 23.6 Å². The molecule has 0 aliphatic heterocycles. The van der Waals surface area contributed by atoms with E-state index in [0.717, 1.165) is 5.56 Å². The van der Waals surface area contributed by atoms with E-state index in [-0.39, 0.29) is 5.82 Å². The third-order valence-corrected chi connectivity index (χ3v) is 2.61. The summed E-state index contributed by atoms with van der Waals surface area (Å²) in [5, 5.41) is 3.03. The van der Waals surface area contributed by atoms with Gasteiger partial charge in [-0.05, 0) is 24.6 Å². The number of pyridine rings is 1. The van der Waals surface area contributed by atoms with E-state index in [1.165, 1.54) is 6.07 Å². The van der Waals surface area contributed by atoms with E-state index < -0.39 is 0 Å². The number of benzene rings is 1. The molecule has 0 amide bonds. The van der Waals surface area contributed by atoms with Crippen LogP contribution in [0.1, 0.15) is 11.1 Å². The van der Waals surface area contributed by atoms with Gasteiger partial charge in [-0.3, -0.25) is 0 Å². The number of nitrogens with one attached hydrogen (secondary N) is 1. The van der Waals surface area contributed by atoms with Gasteiger partial charge >= 0.3 is 0 Å². The molecular weight excluding hydrogens is 217 g/mol. The summed E-state index contributed by atoms with van der Waals surface area (Å²) in [6.07, 6.45) is 1.68. The van der Waals surface area contributed by atoms with E-state index in [4.69, 9.17) is 5.73 Å². The summed E-state index contributed by atoms with van der Waals surface area (Å²) in [4.78, 5) is 4.13. The molecule has 1 aromatic heterocycles. The predicted molar refractivity (Wildman–Crippen MR) is 67.1 cm³/mol. The van der Waals surface area contributed by atoms with E-state index in [9.17, 15) is 4.39 Å². The SMILES string of the molecule is Cc1ccnc(NCc2ccccc2F)c1N. The number of nitrogen functional groups attached to an aromatic ring is 1. The van der Waals surface area contributed by atoms with Crippen molar-refractivity contribution in [3.8, 4) is 0 Å². The van der Waals surface area contributed by atoms with Crippen LogP contribution >= 0.6 is 0 Å². The highest BCUT2D eigenvalue weighted by Crippen LogP contribution is 2.19. The minimum atomic E-state index is -0.230. The Morgan fingerprint density at radius 1 is 1.29 bits per heavy atom. The predicted octanol–water partition coefficient (Wildman–Crippen LogP) is 2.72. The molecule has 3 N–H and O–H groups in total. The van der Waals surface area contributed by atoms with Crippen LogP contribution in [0.3, 0.4) is 0 Å². The molecule has 0 saturated carbocycles. The van der Waals surface area contributed by atoms with Crippen LogP contribution in [0.2, 0.25) is 0 Å². The Hall–Kier alpha value is -2.10. The zero-order valence-corrected chi connectivity index (χ0v) is 9.57. The standard InChI is InChI=1S/C13H14FN3/c1-9-6-7-16-13(12(9)15)17-8-10-4-2-3-5-11(10)14/h2-7H,8,15H2,1H3,(H,16,17). The maximum absolute atomic E-state index is 13.4. The molecule has 3 nitrogen and oxygen atoms in total. The summed E-state index contributed by atoms with van der Waals surface area (Å²) in [6, 6.07) is 8.47. The zero-order chi connectivity index (χ0) is 12.3. The lowest BCUT2D eigenvalue weighted by Gasteiger charge is -2.10. The smallest absolute Gasteiger partial charge is 0.149 e. The first-order valence-corrected chi connectivity index (χ1v) is 5.37. The van der Waals surface area contributed by atoms with E-state index in [1.54, 1.807) is 24.4 Å². The van der Waals surface area contributed by atoms with Crippen LogP contribution in [0, 0.1) is 12.7 Å². The van der Waals surface area contributed by atoms with Gasteiger partial charge in [-0.1, -0.05) is 18.2 Å². The number of hydrogen-bond donors (Lipinski definition) is 2. The third kappa shape index (κ3) is 2.53. The second kappa shape index (κ2) is 4.82. The average molecular weight is 231 g/mol. The Kier molecular flexibility index (Phi) is 3.23. The van der Waals surface area contributed by atoms with E-state index in [2.05, 4.69) is 10.3 Å². The number of nitrogens with zero attached hydrogens (tertiary/aromatic N) is 1. The molecule has 1 aromatic carbocycles. The van der Waals surface area contributed by atoms with Crippen molar-refractivity contribution >= 4 is 11.5 Å². The van der Waals surface area contributed by atoms with Crippen molar-refractivity contribution in [2.75, 3.05) is 11.1 Å². The minimum absolute atomic E-state index is 0.230. The topological polar surface area (TPSA) is 50.9 Å². The normalized spacial score (nSPS) is 10.2. The summed E-state index contributed by atoms with van der Waals surface area (Å²) >= 11 is 0. The molecule has 0 aliphatic carbocycles. The Bertz CT molecular complexity index is 526. The molecule has 0 spiro atoms. The fourth-order valence-electron chi connectivity index (χ4n) is 1.53. The van der Waals surface area contributed by atoms with Gasteiger partial charge in [0.15, 0.2) is 0 Å². The Morgan fingerprint density at radius 3 is 2.82 bits per heavy atom. The van der Waals surface area contributed by atoms with E-state index in [1.807, 2.05) is 13.0 Å². The highest BCUT2D eigenvalue weighted by Gasteiger charge is 2.04. The first-order valence-electron chi connectivity index (χ1n) is 5.37. The van der Waals surface area contributed by atoms with Crippen molar-refractivity contribution in [2.24, 2.45) is 0 Å². The first-order chi connectivity index (χ1) is 8.18. The lowest BCUT2D eigenvalue weighted by molar-refractivity contribution is 0.613. The zero-order valence-electron chi connectivity index (χ0n) is 9.57. The fraction of sp³-hybridized carbons (Fsp3) is 0.154. The molecule has 1 heterocycles. The second-order valence-electron chi connectivity index (χ2n) is 3.84. The van der Waals surface area contributed by atoms with Crippen LogP contribution in [-0.2, 0) is 6.54 Å². The van der Waals surface area contributed by atoms with Gasteiger partial charge in [0, 0.05) is 18.3 Å². The first kappa shape index (κ1) is 11.4. The largest absolute Gasteiger partial charge is 0.396 e.